The summed E-state index contributed by atoms with van der Waals surface area (Å²) in [5.74, 6) is -0.555. The molecule has 1 amide bonds. The second-order valence-corrected chi connectivity index (χ2v) is 7.40. The zero-order valence-corrected chi connectivity index (χ0v) is 12.6. The van der Waals surface area contributed by atoms with E-state index in [9.17, 15) is 13.2 Å². The van der Waals surface area contributed by atoms with Crippen LogP contribution in [0.2, 0.25) is 0 Å². The number of aliphatic hydroxyl groups is 1. The van der Waals surface area contributed by atoms with Gasteiger partial charge < -0.3 is 10.4 Å². The highest BCUT2D eigenvalue weighted by Crippen LogP contribution is 2.12. The number of rotatable bonds is 7. The number of carbonyl (C=O) groups is 1. The Bertz CT molecular complexity index is 538. The van der Waals surface area contributed by atoms with E-state index in [1.807, 2.05) is 0 Å². The quantitative estimate of drug-likeness (QED) is 0.790. The van der Waals surface area contributed by atoms with Gasteiger partial charge in [-0.3, -0.25) is 4.79 Å². The first-order valence-electron chi connectivity index (χ1n) is 6.46. The Morgan fingerprint density at radius 2 is 1.85 bits per heavy atom. The molecule has 0 radical (unpaired) electrons. The van der Waals surface area contributed by atoms with Crippen LogP contribution in [-0.2, 0) is 14.6 Å². The first kappa shape index (κ1) is 16.7. The van der Waals surface area contributed by atoms with Crippen molar-refractivity contribution in [3.05, 3.63) is 30.3 Å². The third-order valence-corrected chi connectivity index (χ3v) is 4.65. The maximum atomic E-state index is 12.0. The maximum Gasteiger partial charge on any atom is 0.221 e. The first-order chi connectivity index (χ1) is 9.27. The van der Waals surface area contributed by atoms with Crippen molar-refractivity contribution in [1.29, 1.82) is 0 Å². The molecule has 1 aromatic carbocycles. The molecule has 0 atom stereocenters. The highest BCUT2D eigenvalue weighted by atomic mass is 32.2. The summed E-state index contributed by atoms with van der Waals surface area (Å²) in [5.41, 5.74) is -0.539. The van der Waals surface area contributed by atoms with Gasteiger partial charge in [-0.2, -0.15) is 0 Å². The van der Waals surface area contributed by atoms with Gasteiger partial charge in [0.2, 0.25) is 5.91 Å². The van der Waals surface area contributed by atoms with E-state index in [4.69, 9.17) is 5.11 Å². The molecule has 0 fully saturated rings. The Kier molecular flexibility index (Phi) is 5.71. The van der Waals surface area contributed by atoms with Gasteiger partial charge in [0.05, 0.1) is 10.6 Å². The highest BCUT2D eigenvalue weighted by Gasteiger charge is 2.21. The molecule has 0 aliphatic carbocycles. The minimum Gasteiger partial charge on any atom is -0.396 e. The van der Waals surface area contributed by atoms with Crippen LogP contribution in [0.3, 0.4) is 0 Å². The number of aliphatic hydroxyl groups excluding tert-OH is 1. The van der Waals surface area contributed by atoms with Gasteiger partial charge in [-0.05, 0) is 32.4 Å². The fourth-order valence-electron chi connectivity index (χ4n) is 1.75. The van der Waals surface area contributed by atoms with Crippen molar-refractivity contribution in [2.24, 2.45) is 0 Å². The van der Waals surface area contributed by atoms with Crippen molar-refractivity contribution >= 4 is 15.7 Å². The third kappa shape index (κ3) is 5.30. The van der Waals surface area contributed by atoms with Crippen LogP contribution in [-0.4, -0.2) is 37.3 Å². The molecule has 0 saturated heterocycles. The van der Waals surface area contributed by atoms with Gasteiger partial charge in [-0.25, -0.2) is 8.42 Å². The zero-order valence-electron chi connectivity index (χ0n) is 11.8. The second-order valence-electron chi connectivity index (χ2n) is 5.29. The Labute approximate surface area is 119 Å². The molecule has 0 aromatic heterocycles. The molecular formula is C14H21NO4S. The molecule has 0 bridgehead atoms. The second kappa shape index (κ2) is 6.85. The summed E-state index contributed by atoms with van der Waals surface area (Å²) < 4.78 is 24.0. The van der Waals surface area contributed by atoms with Crippen molar-refractivity contribution in [3.8, 4) is 0 Å². The molecule has 112 valence electrons. The van der Waals surface area contributed by atoms with Crippen LogP contribution in [0.5, 0.6) is 0 Å². The summed E-state index contributed by atoms with van der Waals surface area (Å²) in [6, 6.07) is 8.07. The Morgan fingerprint density at radius 3 is 2.40 bits per heavy atom. The van der Waals surface area contributed by atoms with Crippen LogP contribution in [0.1, 0.15) is 26.7 Å². The molecule has 0 aliphatic heterocycles. The number of carbonyl (C=O) groups excluding carboxylic acids is 1. The SMILES string of the molecule is CC(C)(CCO)NC(=O)CCS(=O)(=O)c1ccccc1. The van der Waals surface area contributed by atoms with E-state index >= 15 is 0 Å². The molecule has 0 unspecified atom stereocenters. The summed E-state index contributed by atoms with van der Waals surface area (Å²) in [6.07, 6.45) is 0.330. The lowest BCUT2D eigenvalue weighted by atomic mass is 10.0. The normalized spacial score (nSPS) is 12.2. The number of hydrogen-bond acceptors (Lipinski definition) is 4. The monoisotopic (exact) mass is 299 g/mol. The van der Waals surface area contributed by atoms with Crippen molar-refractivity contribution in [1.82, 2.24) is 5.32 Å². The number of amides is 1. The zero-order chi connectivity index (χ0) is 15.2. The van der Waals surface area contributed by atoms with Gasteiger partial charge in [0.15, 0.2) is 9.84 Å². The lowest BCUT2D eigenvalue weighted by Gasteiger charge is -2.25. The Morgan fingerprint density at radius 1 is 1.25 bits per heavy atom. The lowest BCUT2D eigenvalue weighted by Crippen LogP contribution is -2.44. The van der Waals surface area contributed by atoms with E-state index < -0.39 is 15.4 Å². The molecule has 6 heteroatoms. The summed E-state index contributed by atoms with van der Waals surface area (Å²) in [5, 5.41) is 11.6. The minimum atomic E-state index is -3.43. The molecule has 1 aromatic rings. The number of benzene rings is 1. The minimum absolute atomic E-state index is 0.0321. The predicted molar refractivity (Wildman–Crippen MR) is 77.0 cm³/mol. The van der Waals surface area contributed by atoms with Gasteiger partial charge in [0, 0.05) is 18.6 Å². The van der Waals surface area contributed by atoms with Gasteiger partial charge >= 0.3 is 0 Å². The fourth-order valence-corrected chi connectivity index (χ4v) is 3.02. The standard InChI is InChI=1S/C14H21NO4S/c1-14(2,9-10-16)15-13(17)8-11-20(18,19)12-6-4-3-5-7-12/h3-7,16H,8-11H2,1-2H3,(H,15,17). The van der Waals surface area contributed by atoms with Crippen LogP contribution in [0, 0.1) is 0 Å². The molecule has 0 spiro atoms. The summed E-state index contributed by atoms with van der Waals surface area (Å²) >= 11 is 0. The lowest BCUT2D eigenvalue weighted by molar-refractivity contribution is -0.122. The van der Waals surface area contributed by atoms with Crippen molar-refractivity contribution < 1.29 is 18.3 Å². The predicted octanol–water partition coefficient (Wildman–Crippen LogP) is 1.13. The largest absolute Gasteiger partial charge is 0.396 e. The van der Waals surface area contributed by atoms with E-state index in [2.05, 4.69) is 5.32 Å². The number of sulfone groups is 1. The van der Waals surface area contributed by atoms with Crippen LogP contribution in [0.25, 0.3) is 0 Å². The maximum absolute atomic E-state index is 12.0. The number of hydrogen-bond donors (Lipinski definition) is 2. The van der Waals surface area contributed by atoms with E-state index in [1.165, 1.54) is 12.1 Å². The molecule has 0 heterocycles. The van der Waals surface area contributed by atoms with Gasteiger partial charge in [-0.15, -0.1) is 0 Å². The average Bonchev–Trinajstić information content (AvgIpc) is 2.37. The van der Waals surface area contributed by atoms with Crippen molar-refractivity contribution in [3.63, 3.8) is 0 Å². The topological polar surface area (TPSA) is 83.5 Å². The van der Waals surface area contributed by atoms with Crippen LogP contribution < -0.4 is 5.32 Å². The van der Waals surface area contributed by atoms with Crippen molar-refractivity contribution in [2.75, 3.05) is 12.4 Å². The Hall–Kier alpha value is -1.40. The van der Waals surface area contributed by atoms with Gasteiger partial charge in [-0.1, -0.05) is 18.2 Å². The molecule has 2 N–H and O–H groups in total. The molecule has 20 heavy (non-hydrogen) atoms. The van der Waals surface area contributed by atoms with Crippen molar-refractivity contribution in [2.45, 2.75) is 37.1 Å². The van der Waals surface area contributed by atoms with E-state index in [0.29, 0.717) is 6.42 Å². The van der Waals surface area contributed by atoms with Gasteiger partial charge in [0.25, 0.3) is 0 Å². The Balaban J connectivity index is 2.57. The number of nitrogens with one attached hydrogen (secondary N) is 1. The molecular weight excluding hydrogens is 278 g/mol. The molecule has 0 saturated carbocycles. The summed E-state index contributed by atoms with van der Waals surface area (Å²) in [4.78, 5) is 12.0. The fraction of sp³-hybridized carbons (Fsp3) is 0.500. The summed E-state index contributed by atoms with van der Waals surface area (Å²) in [6.45, 7) is 3.54. The van der Waals surface area contributed by atoms with Gasteiger partial charge in [0.1, 0.15) is 0 Å². The molecule has 0 aliphatic rings. The molecule has 1 rings (SSSR count). The third-order valence-electron chi connectivity index (χ3n) is 2.91. The average molecular weight is 299 g/mol. The highest BCUT2D eigenvalue weighted by molar-refractivity contribution is 7.91. The van der Waals surface area contributed by atoms with E-state index in [0.717, 1.165) is 0 Å². The molecule has 5 nitrogen and oxygen atoms in total. The van der Waals surface area contributed by atoms with Crippen LogP contribution in [0.4, 0.5) is 0 Å². The van der Waals surface area contributed by atoms with E-state index in [1.54, 1.807) is 32.0 Å². The summed E-state index contributed by atoms with van der Waals surface area (Å²) in [7, 11) is -3.43. The van der Waals surface area contributed by atoms with Crippen LogP contribution in [0.15, 0.2) is 35.2 Å². The van der Waals surface area contributed by atoms with Crippen LogP contribution >= 0.6 is 0 Å². The van der Waals surface area contributed by atoms with E-state index in [-0.39, 0.29) is 29.6 Å². The smallest absolute Gasteiger partial charge is 0.221 e. The first-order valence-corrected chi connectivity index (χ1v) is 8.12.